The molecule has 1 rings (SSSR count). The molecule has 0 unspecified atom stereocenters. The second-order valence-corrected chi connectivity index (χ2v) is 6.06. The minimum Gasteiger partial charge on any atom is -0.469 e. The van der Waals surface area contributed by atoms with Gasteiger partial charge in [0, 0.05) is 12.0 Å². The van der Waals surface area contributed by atoms with Crippen molar-refractivity contribution >= 4 is 17.6 Å². The van der Waals surface area contributed by atoms with Crippen molar-refractivity contribution in [3.8, 4) is 0 Å². The first-order chi connectivity index (χ1) is 7.32. The first-order valence-corrected chi connectivity index (χ1v) is 6.00. The van der Waals surface area contributed by atoms with Gasteiger partial charge in [-0.1, -0.05) is 6.92 Å². The number of esters is 1. The molecule has 0 N–H and O–H groups in total. The summed E-state index contributed by atoms with van der Waals surface area (Å²) in [6.07, 6.45) is 0.903. The summed E-state index contributed by atoms with van der Waals surface area (Å²) >= 11 is 6.36. The highest BCUT2D eigenvalue weighted by Gasteiger charge is 2.50. The largest absolute Gasteiger partial charge is 0.469 e. The first-order valence-electron chi connectivity index (χ1n) is 5.62. The highest BCUT2D eigenvalue weighted by Crippen LogP contribution is 2.46. The molecule has 0 heterocycles. The molecule has 0 spiro atoms. The Bertz CT molecular complexity index is 259. The molecule has 0 amide bonds. The van der Waals surface area contributed by atoms with E-state index >= 15 is 0 Å². The van der Waals surface area contributed by atoms with Gasteiger partial charge in [0.15, 0.2) is 0 Å². The van der Waals surface area contributed by atoms with Crippen molar-refractivity contribution in [3.05, 3.63) is 0 Å². The molecule has 1 fully saturated rings. The molecule has 1 aliphatic rings. The van der Waals surface area contributed by atoms with Gasteiger partial charge < -0.3 is 9.47 Å². The summed E-state index contributed by atoms with van der Waals surface area (Å²) in [7, 11) is 3.10. The quantitative estimate of drug-likeness (QED) is 0.569. The third-order valence-corrected chi connectivity index (χ3v) is 4.01. The number of alkyl halides is 1. The highest BCUT2D eigenvalue weighted by molar-refractivity contribution is 6.23. The summed E-state index contributed by atoms with van der Waals surface area (Å²) in [4.78, 5) is 11.4. The fourth-order valence-corrected chi connectivity index (χ4v) is 2.97. The third kappa shape index (κ3) is 2.51. The lowest BCUT2D eigenvalue weighted by molar-refractivity contribution is -0.149. The van der Waals surface area contributed by atoms with Gasteiger partial charge in [-0.2, -0.15) is 0 Å². The number of hydrogen-bond donors (Lipinski definition) is 0. The van der Waals surface area contributed by atoms with Crippen LogP contribution in [-0.2, 0) is 14.3 Å². The Morgan fingerprint density at radius 1 is 1.38 bits per heavy atom. The van der Waals surface area contributed by atoms with Gasteiger partial charge >= 0.3 is 5.97 Å². The van der Waals surface area contributed by atoms with Gasteiger partial charge in [0.2, 0.25) is 0 Å². The molecule has 4 atom stereocenters. The van der Waals surface area contributed by atoms with E-state index in [1.54, 1.807) is 7.11 Å². The molecule has 0 aromatic rings. The number of rotatable bonds is 3. The number of halogens is 1. The van der Waals surface area contributed by atoms with Gasteiger partial charge in [-0.05, 0) is 32.1 Å². The van der Waals surface area contributed by atoms with Crippen LogP contribution in [0.2, 0.25) is 0 Å². The van der Waals surface area contributed by atoms with Crippen LogP contribution in [0.1, 0.15) is 27.2 Å². The molecular weight excluding hydrogens is 228 g/mol. The van der Waals surface area contributed by atoms with E-state index in [2.05, 4.69) is 0 Å². The van der Waals surface area contributed by atoms with Crippen molar-refractivity contribution < 1.29 is 14.3 Å². The van der Waals surface area contributed by atoms with Crippen LogP contribution in [0.5, 0.6) is 0 Å². The van der Waals surface area contributed by atoms with Crippen LogP contribution >= 0.6 is 11.6 Å². The molecule has 0 radical (unpaired) electrons. The lowest BCUT2D eigenvalue weighted by Crippen LogP contribution is -2.35. The summed E-state index contributed by atoms with van der Waals surface area (Å²) in [6.45, 7) is 5.91. The molecule has 94 valence electrons. The fourth-order valence-electron chi connectivity index (χ4n) is 2.74. The number of ether oxygens (including phenoxy) is 2. The van der Waals surface area contributed by atoms with E-state index in [-0.39, 0.29) is 29.8 Å². The molecule has 0 aromatic carbocycles. The van der Waals surface area contributed by atoms with Gasteiger partial charge in [0.25, 0.3) is 0 Å². The summed E-state index contributed by atoms with van der Waals surface area (Å²) in [5, 5.41) is 0. The maximum absolute atomic E-state index is 11.8. The van der Waals surface area contributed by atoms with Crippen LogP contribution < -0.4 is 0 Å². The van der Waals surface area contributed by atoms with Crippen molar-refractivity contribution in [1.82, 2.24) is 0 Å². The van der Waals surface area contributed by atoms with E-state index in [0.29, 0.717) is 0 Å². The standard InChI is InChI=1S/C12H21ClO3/c1-7-9(15-4)6-8(12(2,3)13)10(7)11(14)16-5/h7-10H,6H2,1-5H3/t7-,8+,9+,10+/m1/s1. The van der Waals surface area contributed by atoms with E-state index in [1.807, 2.05) is 20.8 Å². The Balaban J connectivity index is 2.94. The second-order valence-electron chi connectivity index (χ2n) is 5.09. The van der Waals surface area contributed by atoms with Crippen LogP contribution in [-0.4, -0.2) is 31.2 Å². The molecule has 16 heavy (non-hydrogen) atoms. The van der Waals surface area contributed by atoms with E-state index in [4.69, 9.17) is 21.1 Å². The monoisotopic (exact) mass is 248 g/mol. The van der Waals surface area contributed by atoms with Crippen molar-refractivity contribution in [2.75, 3.05) is 14.2 Å². The summed E-state index contributed by atoms with van der Waals surface area (Å²) in [6, 6.07) is 0. The smallest absolute Gasteiger partial charge is 0.309 e. The van der Waals surface area contributed by atoms with Crippen LogP contribution in [0.25, 0.3) is 0 Å². The molecule has 1 aliphatic carbocycles. The Morgan fingerprint density at radius 2 is 1.94 bits per heavy atom. The molecule has 3 nitrogen and oxygen atoms in total. The van der Waals surface area contributed by atoms with Crippen molar-refractivity contribution in [2.45, 2.75) is 38.2 Å². The van der Waals surface area contributed by atoms with E-state index < -0.39 is 4.87 Å². The number of carbonyl (C=O) groups excluding carboxylic acids is 1. The topological polar surface area (TPSA) is 35.5 Å². The molecule has 4 heteroatoms. The zero-order valence-electron chi connectivity index (χ0n) is 10.6. The molecular formula is C12H21ClO3. The van der Waals surface area contributed by atoms with Crippen LogP contribution in [0.3, 0.4) is 0 Å². The lowest BCUT2D eigenvalue weighted by atomic mass is 9.82. The number of methoxy groups -OCH3 is 2. The number of hydrogen-bond acceptors (Lipinski definition) is 3. The Kier molecular flexibility index (Phi) is 4.24. The van der Waals surface area contributed by atoms with Gasteiger partial charge in [-0.15, -0.1) is 11.6 Å². The van der Waals surface area contributed by atoms with E-state index in [0.717, 1.165) is 6.42 Å². The Labute approximate surface area is 102 Å². The lowest BCUT2D eigenvalue weighted by Gasteiger charge is -2.29. The Morgan fingerprint density at radius 3 is 2.31 bits per heavy atom. The zero-order valence-corrected chi connectivity index (χ0v) is 11.4. The average Bonchev–Trinajstić information content (AvgIpc) is 2.54. The summed E-state index contributed by atoms with van der Waals surface area (Å²) < 4.78 is 10.3. The van der Waals surface area contributed by atoms with Crippen LogP contribution in [0.4, 0.5) is 0 Å². The van der Waals surface area contributed by atoms with Crippen molar-refractivity contribution in [3.63, 3.8) is 0 Å². The van der Waals surface area contributed by atoms with E-state index in [9.17, 15) is 4.79 Å². The number of carbonyl (C=O) groups is 1. The van der Waals surface area contributed by atoms with Crippen LogP contribution in [0, 0.1) is 17.8 Å². The molecule has 0 saturated heterocycles. The SMILES string of the molecule is COC(=O)[C@H]1[C@H](C)[C@@H](OC)C[C@@H]1C(C)(C)Cl. The van der Waals surface area contributed by atoms with Crippen molar-refractivity contribution in [2.24, 2.45) is 17.8 Å². The summed E-state index contributed by atoms with van der Waals surface area (Å²) in [5.41, 5.74) is 0. The minimum atomic E-state index is -0.416. The molecule has 0 aliphatic heterocycles. The second kappa shape index (κ2) is 4.92. The van der Waals surface area contributed by atoms with Gasteiger partial charge in [0.1, 0.15) is 0 Å². The molecule has 0 bridgehead atoms. The first kappa shape index (κ1) is 13.8. The fraction of sp³-hybridized carbons (Fsp3) is 0.917. The maximum Gasteiger partial charge on any atom is 0.309 e. The normalized spacial score (nSPS) is 35.1. The predicted molar refractivity (Wildman–Crippen MR) is 63.5 cm³/mol. The third-order valence-electron chi connectivity index (χ3n) is 3.73. The van der Waals surface area contributed by atoms with Gasteiger partial charge in [-0.25, -0.2) is 0 Å². The van der Waals surface area contributed by atoms with Gasteiger partial charge in [0.05, 0.1) is 19.1 Å². The average molecular weight is 249 g/mol. The van der Waals surface area contributed by atoms with Crippen molar-refractivity contribution in [1.29, 1.82) is 0 Å². The predicted octanol–water partition coefficient (Wildman–Crippen LogP) is 2.46. The summed E-state index contributed by atoms with van der Waals surface area (Å²) in [5.74, 6) is -0.0877. The Hall–Kier alpha value is -0.280. The maximum atomic E-state index is 11.8. The van der Waals surface area contributed by atoms with Gasteiger partial charge in [-0.3, -0.25) is 4.79 Å². The molecule has 0 aromatic heterocycles. The van der Waals surface area contributed by atoms with Crippen LogP contribution in [0.15, 0.2) is 0 Å². The molecule has 1 saturated carbocycles. The minimum absolute atomic E-state index is 0.0899. The highest BCUT2D eigenvalue weighted by atomic mass is 35.5. The van der Waals surface area contributed by atoms with E-state index in [1.165, 1.54) is 7.11 Å². The zero-order chi connectivity index (χ0) is 12.5.